The summed E-state index contributed by atoms with van der Waals surface area (Å²) in [6.45, 7) is 11.6. The van der Waals surface area contributed by atoms with Gasteiger partial charge >= 0.3 is 6.09 Å². The molecule has 1 heterocycles. The van der Waals surface area contributed by atoms with E-state index in [9.17, 15) is 14.0 Å². The molecule has 1 aliphatic rings. The fraction of sp³-hybridized carbons (Fsp3) is 0.360. The molecule has 33 heavy (non-hydrogen) atoms. The summed E-state index contributed by atoms with van der Waals surface area (Å²) in [7, 11) is 0. The Balaban J connectivity index is 0.000000414. The number of nitrogens with two attached hydrogens (primary N) is 1. The molecule has 2 aromatic rings. The van der Waals surface area contributed by atoms with Crippen LogP contribution in [0, 0.1) is 5.82 Å². The Labute approximate surface area is 204 Å². The van der Waals surface area contributed by atoms with Gasteiger partial charge in [-0.15, -0.1) is 11.8 Å². The van der Waals surface area contributed by atoms with Crippen LogP contribution < -0.4 is 10.6 Å². The van der Waals surface area contributed by atoms with Gasteiger partial charge in [0.2, 0.25) is 5.91 Å². The van der Waals surface area contributed by atoms with Gasteiger partial charge in [0.15, 0.2) is 0 Å². The molecule has 0 aliphatic carbocycles. The third kappa shape index (κ3) is 8.09. The molecule has 0 atom stereocenters. The molecule has 2 amide bonds. The van der Waals surface area contributed by atoms with E-state index in [0.717, 1.165) is 21.7 Å². The van der Waals surface area contributed by atoms with Crippen LogP contribution in [0.3, 0.4) is 0 Å². The lowest BCUT2D eigenvalue weighted by atomic mass is 10.0. The number of ether oxygens (including phenoxy) is 1. The molecule has 2 aromatic carbocycles. The highest BCUT2D eigenvalue weighted by atomic mass is 35.5. The van der Waals surface area contributed by atoms with Crippen molar-refractivity contribution in [2.75, 3.05) is 10.7 Å². The van der Waals surface area contributed by atoms with E-state index in [-0.39, 0.29) is 11.7 Å². The first-order chi connectivity index (χ1) is 15.4. The minimum atomic E-state index is -0.725. The number of carbonyl (C=O) groups excluding carboxylic acids is 2. The van der Waals surface area contributed by atoms with Gasteiger partial charge in [0.1, 0.15) is 11.4 Å². The predicted octanol–water partition coefficient (Wildman–Crippen LogP) is 6.81. The average Bonchev–Trinajstić information content (AvgIpc) is 2.85. The first-order valence-electron chi connectivity index (χ1n) is 10.6. The third-order valence-electron chi connectivity index (χ3n) is 4.68. The molecule has 5 nitrogen and oxygen atoms in total. The standard InChI is InChI=1S/C20H19ClFNOS.C5H11NO2/c1-3-13(2)16-10-18-19(11-17(16)22)25-9-8-20(24)23(18)12-14-4-6-15(21)7-5-14;1-5(2,3)8-4(6)7/h4-7,10-11H,2-3,8-9,12H2,1H3;1-3H3,(H2,6,7). The largest absolute Gasteiger partial charge is 0.444 e. The maximum absolute atomic E-state index is 14.5. The van der Waals surface area contributed by atoms with E-state index in [1.165, 1.54) is 17.8 Å². The van der Waals surface area contributed by atoms with Crippen LogP contribution in [0.4, 0.5) is 14.9 Å². The third-order valence-corrected chi connectivity index (χ3v) is 5.98. The number of hydrogen-bond acceptors (Lipinski definition) is 4. The highest BCUT2D eigenvalue weighted by Gasteiger charge is 2.25. The number of nitrogens with zero attached hydrogens (tertiary/aromatic N) is 1. The number of thioether (sulfide) groups is 1. The van der Waals surface area contributed by atoms with Gasteiger partial charge in [0.05, 0.1) is 12.2 Å². The van der Waals surface area contributed by atoms with E-state index >= 15 is 0 Å². The summed E-state index contributed by atoms with van der Waals surface area (Å²) in [5.74, 6) is 0.413. The van der Waals surface area contributed by atoms with E-state index in [0.29, 0.717) is 35.7 Å². The number of carbonyl (C=O) groups is 2. The molecule has 1 aliphatic heterocycles. The maximum Gasteiger partial charge on any atom is 0.405 e. The van der Waals surface area contributed by atoms with E-state index in [1.807, 2.05) is 31.2 Å². The highest BCUT2D eigenvalue weighted by molar-refractivity contribution is 7.99. The van der Waals surface area contributed by atoms with Crippen molar-refractivity contribution in [2.24, 2.45) is 5.73 Å². The van der Waals surface area contributed by atoms with Gasteiger partial charge in [-0.25, -0.2) is 9.18 Å². The van der Waals surface area contributed by atoms with Gasteiger partial charge in [-0.2, -0.15) is 0 Å². The van der Waals surface area contributed by atoms with Crippen molar-refractivity contribution >= 4 is 46.6 Å². The Morgan fingerprint density at radius 3 is 2.42 bits per heavy atom. The van der Waals surface area contributed by atoms with Crippen molar-refractivity contribution in [3.05, 3.63) is 64.9 Å². The normalized spacial score (nSPS) is 13.4. The van der Waals surface area contributed by atoms with Gasteiger partial charge in [-0.3, -0.25) is 4.79 Å². The monoisotopic (exact) mass is 492 g/mol. The van der Waals surface area contributed by atoms with Crippen LogP contribution in [0.25, 0.3) is 5.57 Å². The lowest BCUT2D eigenvalue weighted by molar-refractivity contribution is -0.118. The first kappa shape index (κ1) is 26.7. The second-order valence-electron chi connectivity index (χ2n) is 8.50. The number of hydrogen-bond donors (Lipinski definition) is 1. The molecule has 178 valence electrons. The lowest BCUT2D eigenvalue weighted by Gasteiger charge is -2.24. The summed E-state index contributed by atoms with van der Waals surface area (Å²) in [6, 6.07) is 10.7. The molecule has 8 heteroatoms. The van der Waals surface area contributed by atoms with Crippen LogP contribution >= 0.6 is 23.4 Å². The van der Waals surface area contributed by atoms with Crippen LogP contribution in [0.2, 0.25) is 5.02 Å². The second kappa shape index (κ2) is 11.6. The van der Waals surface area contributed by atoms with Crippen molar-refractivity contribution < 1.29 is 18.7 Å². The van der Waals surface area contributed by atoms with Gasteiger partial charge in [-0.05, 0) is 62.6 Å². The van der Waals surface area contributed by atoms with Crippen LogP contribution in [-0.4, -0.2) is 23.4 Å². The smallest absolute Gasteiger partial charge is 0.405 e. The SMILES string of the molecule is C=C(CC)c1cc2c(cc1F)SCCC(=O)N2Cc1ccc(Cl)cc1.CC(C)(C)OC(N)=O. The zero-order chi connectivity index (χ0) is 24.8. The number of fused-ring (bicyclic) bond motifs is 1. The van der Waals surface area contributed by atoms with Gasteiger partial charge in [0, 0.05) is 27.7 Å². The second-order valence-corrected chi connectivity index (χ2v) is 10.1. The average molecular weight is 493 g/mol. The maximum atomic E-state index is 14.5. The minimum absolute atomic E-state index is 0.0425. The topological polar surface area (TPSA) is 72.6 Å². The number of anilines is 1. The first-order valence-corrected chi connectivity index (χ1v) is 12.0. The molecule has 0 unspecified atom stereocenters. The predicted molar refractivity (Wildman–Crippen MR) is 134 cm³/mol. The van der Waals surface area contributed by atoms with Crippen LogP contribution in [-0.2, 0) is 16.1 Å². The van der Waals surface area contributed by atoms with Gasteiger partial charge in [-0.1, -0.05) is 37.2 Å². The Kier molecular flexibility index (Phi) is 9.37. The lowest BCUT2D eigenvalue weighted by Crippen LogP contribution is -2.30. The van der Waals surface area contributed by atoms with Crippen molar-refractivity contribution in [3.8, 4) is 0 Å². The molecule has 0 aromatic heterocycles. The summed E-state index contributed by atoms with van der Waals surface area (Å²) < 4.78 is 19.0. The number of amides is 2. The summed E-state index contributed by atoms with van der Waals surface area (Å²) in [5.41, 5.74) is 7.22. The molecule has 3 rings (SSSR count). The highest BCUT2D eigenvalue weighted by Crippen LogP contribution is 2.38. The van der Waals surface area contributed by atoms with Crippen LogP contribution in [0.15, 0.2) is 47.9 Å². The molecular formula is C25H30ClFN2O3S. The Morgan fingerprint density at radius 1 is 1.27 bits per heavy atom. The Morgan fingerprint density at radius 2 is 1.91 bits per heavy atom. The van der Waals surface area contributed by atoms with Gasteiger partial charge in [0.25, 0.3) is 0 Å². The molecular weight excluding hydrogens is 463 g/mol. The quantitative estimate of drug-likeness (QED) is 0.508. The summed E-state index contributed by atoms with van der Waals surface area (Å²) in [5, 5.41) is 0.658. The summed E-state index contributed by atoms with van der Waals surface area (Å²) in [4.78, 5) is 25.2. The van der Waals surface area contributed by atoms with Crippen molar-refractivity contribution in [1.82, 2.24) is 0 Å². The van der Waals surface area contributed by atoms with Crippen LogP contribution in [0.5, 0.6) is 0 Å². The van der Waals surface area contributed by atoms with Crippen LogP contribution in [0.1, 0.15) is 51.7 Å². The molecule has 0 saturated heterocycles. The number of halogens is 2. The summed E-state index contributed by atoms with van der Waals surface area (Å²) >= 11 is 7.46. The number of allylic oxidation sites excluding steroid dienone is 1. The van der Waals surface area contributed by atoms with E-state index in [4.69, 9.17) is 17.3 Å². The number of benzene rings is 2. The zero-order valence-corrected chi connectivity index (χ0v) is 21.0. The minimum Gasteiger partial charge on any atom is -0.444 e. The molecule has 2 N–H and O–H groups in total. The fourth-order valence-electron chi connectivity index (χ4n) is 3.10. The van der Waals surface area contributed by atoms with E-state index < -0.39 is 11.7 Å². The Hall–Kier alpha value is -2.51. The van der Waals surface area contributed by atoms with Crippen molar-refractivity contribution in [2.45, 2.75) is 57.6 Å². The van der Waals surface area contributed by atoms with E-state index in [2.05, 4.69) is 11.3 Å². The van der Waals surface area contributed by atoms with Crippen molar-refractivity contribution in [1.29, 1.82) is 0 Å². The Bertz CT molecular complexity index is 1020. The fourth-order valence-corrected chi connectivity index (χ4v) is 4.22. The summed E-state index contributed by atoms with van der Waals surface area (Å²) in [6.07, 6.45) is 0.365. The number of rotatable bonds is 4. The van der Waals surface area contributed by atoms with E-state index in [1.54, 1.807) is 31.7 Å². The molecule has 0 saturated carbocycles. The molecule has 0 radical (unpaired) electrons. The van der Waals surface area contributed by atoms with Gasteiger partial charge < -0.3 is 15.4 Å². The molecule has 0 spiro atoms. The number of primary amides is 1. The zero-order valence-electron chi connectivity index (χ0n) is 19.4. The molecule has 0 bridgehead atoms. The van der Waals surface area contributed by atoms with Crippen molar-refractivity contribution in [3.63, 3.8) is 0 Å². The molecule has 0 fully saturated rings.